The van der Waals surface area contributed by atoms with Crippen molar-refractivity contribution in [1.29, 1.82) is 0 Å². The van der Waals surface area contributed by atoms with Crippen LogP contribution in [-0.2, 0) is 0 Å². The SMILES string of the molecule is O=C(/C=C/N1CCC(CN2C3CCC2CC(c2c[nH]c4ccccc24)C3)CC1)c1ccc(Cl)c(Cl)c1. The van der Waals surface area contributed by atoms with Gasteiger partial charge in [-0.3, -0.25) is 9.69 Å². The molecule has 2 unspecified atom stereocenters. The van der Waals surface area contributed by atoms with Crippen molar-refractivity contribution in [3.05, 3.63) is 82.1 Å². The molecule has 2 bridgehead atoms. The molecule has 4 nitrogen and oxygen atoms in total. The maximum Gasteiger partial charge on any atom is 0.187 e. The Bertz CT molecular complexity index is 1260. The van der Waals surface area contributed by atoms with Crippen LogP contribution in [0, 0.1) is 5.92 Å². The molecule has 6 heteroatoms. The summed E-state index contributed by atoms with van der Waals surface area (Å²) in [6.45, 7) is 3.25. The van der Waals surface area contributed by atoms with Gasteiger partial charge in [-0.05, 0) is 80.2 Å². The molecule has 2 atom stereocenters. The zero-order valence-electron chi connectivity index (χ0n) is 20.5. The van der Waals surface area contributed by atoms with Crippen molar-refractivity contribution in [2.75, 3.05) is 19.6 Å². The minimum atomic E-state index is -0.0367. The molecule has 3 fully saturated rings. The molecule has 36 heavy (non-hydrogen) atoms. The second-order valence-electron chi connectivity index (χ2n) is 10.8. The minimum Gasteiger partial charge on any atom is -0.377 e. The Morgan fingerprint density at radius 2 is 1.72 bits per heavy atom. The third-order valence-electron chi connectivity index (χ3n) is 8.70. The number of ketones is 1. The fourth-order valence-electron chi connectivity index (χ4n) is 6.76. The fourth-order valence-corrected chi connectivity index (χ4v) is 7.06. The van der Waals surface area contributed by atoms with Gasteiger partial charge in [-0.1, -0.05) is 41.4 Å². The first-order valence-corrected chi connectivity index (χ1v) is 14.0. The normalized spacial score (nSPS) is 25.3. The van der Waals surface area contributed by atoms with E-state index in [1.54, 1.807) is 24.3 Å². The van der Waals surface area contributed by atoms with Crippen LogP contribution in [0.2, 0.25) is 10.0 Å². The molecule has 0 saturated carbocycles. The number of allylic oxidation sites excluding steroid dienone is 1. The van der Waals surface area contributed by atoms with Gasteiger partial charge >= 0.3 is 0 Å². The molecule has 6 rings (SSSR count). The Balaban J connectivity index is 1.02. The topological polar surface area (TPSA) is 39.3 Å². The number of hydrogen-bond acceptors (Lipinski definition) is 3. The summed E-state index contributed by atoms with van der Waals surface area (Å²) >= 11 is 12.0. The molecule has 1 aromatic heterocycles. The van der Waals surface area contributed by atoms with Crippen molar-refractivity contribution < 1.29 is 4.79 Å². The molecule has 3 saturated heterocycles. The average molecular weight is 523 g/mol. The lowest BCUT2D eigenvalue weighted by Gasteiger charge is -2.42. The monoisotopic (exact) mass is 521 g/mol. The molecule has 0 spiro atoms. The van der Waals surface area contributed by atoms with E-state index < -0.39 is 0 Å². The highest BCUT2D eigenvalue weighted by Crippen LogP contribution is 2.45. The Labute approximate surface area is 223 Å². The first kappa shape index (κ1) is 24.1. The number of benzene rings is 2. The number of para-hydroxylation sites is 1. The van der Waals surface area contributed by atoms with E-state index in [2.05, 4.69) is 45.2 Å². The van der Waals surface area contributed by atoms with Crippen LogP contribution in [0.15, 0.2) is 60.9 Å². The first-order chi connectivity index (χ1) is 17.5. The number of likely N-dealkylation sites (tertiary alicyclic amines) is 1. The summed E-state index contributed by atoms with van der Waals surface area (Å²) in [7, 11) is 0. The lowest BCUT2D eigenvalue weighted by Crippen LogP contribution is -2.46. The summed E-state index contributed by atoms with van der Waals surface area (Å²) < 4.78 is 0. The zero-order valence-corrected chi connectivity index (χ0v) is 22.0. The average Bonchev–Trinajstić information content (AvgIpc) is 3.42. The lowest BCUT2D eigenvalue weighted by molar-refractivity contribution is 0.0878. The number of halogens is 2. The van der Waals surface area contributed by atoms with Crippen LogP contribution in [-0.4, -0.2) is 52.3 Å². The van der Waals surface area contributed by atoms with E-state index in [-0.39, 0.29) is 5.78 Å². The number of carbonyl (C=O) groups excluding carboxylic acids is 1. The highest BCUT2D eigenvalue weighted by atomic mass is 35.5. The van der Waals surface area contributed by atoms with Gasteiger partial charge in [0.05, 0.1) is 10.0 Å². The maximum absolute atomic E-state index is 12.5. The van der Waals surface area contributed by atoms with Crippen LogP contribution in [0.1, 0.15) is 60.4 Å². The highest BCUT2D eigenvalue weighted by molar-refractivity contribution is 6.42. The van der Waals surface area contributed by atoms with Crippen molar-refractivity contribution in [3.63, 3.8) is 0 Å². The van der Waals surface area contributed by atoms with Gasteiger partial charge in [0.2, 0.25) is 0 Å². The highest BCUT2D eigenvalue weighted by Gasteiger charge is 2.42. The minimum absolute atomic E-state index is 0.0367. The summed E-state index contributed by atoms with van der Waals surface area (Å²) in [6.07, 6.45) is 13.5. The summed E-state index contributed by atoms with van der Waals surface area (Å²) in [5, 5.41) is 2.29. The van der Waals surface area contributed by atoms with Gasteiger partial charge in [0.15, 0.2) is 5.78 Å². The second-order valence-corrected chi connectivity index (χ2v) is 11.6. The van der Waals surface area contributed by atoms with Gasteiger partial charge < -0.3 is 9.88 Å². The van der Waals surface area contributed by atoms with E-state index >= 15 is 0 Å². The Hall–Kier alpha value is -2.27. The van der Waals surface area contributed by atoms with Gasteiger partial charge in [-0.2, -0.15) is 0 Å². The van der Waals surface area contributed by atoms with Crippen LogP contribution in [0.25, 0.3) is 10.9 Å². The molecule has 2 aromatic carbocycles. The third-order valence-corrected chi connectivity index (χ3v) is 9.44. The van der Waals surface area contributed by atoms with Gasteiger partial charge in [0.1, 0.15) is 0 Å². The summed E-state index contributed by atoms with van der Waals surface area (Å²) in [5.74, 6) is 1.38. The van der Waals surface area contributed by atoms with E-state index in [9.17, 15) is 4.79 Å². The van der Waals surface area contributed by atoms with Crippen molar-refractivity contribution in [1.82, 2.24) is 14.8 Å². The van der Waals surface area contributed by atoms with Crippen LogP contribution in [0.4, 0.5) is 0 Å². The Morgan fingerprint density at radius 1 is 0.972 bits per heavy atom. The maximum atomic E-state index is 12.5. The quantitative estimate of drug-likeness (QED) is 0.273. The first-order valence-electron chi connectivity index (χ1n) is 13.3. The van der Waals surface area contributed by atoms with E-state index in [4.69, 9.17) is 23.2 Å². The number of H-pyrrole nitrogens is 1. The van der Waals surface area contributed by atoms with Crippen LogP contribution >= 0.6 is 23.2 Å². The number of aromatic nitrogens is 1. The molecule has 0 radical (unpaired) electrons. The molecule has 4 heterocycles. The van der Waals surface area contributed by atoms with Gasteiger partial charge in [-0.25, -0.2) is 0 Å². The molecular formula is C30H33Cl2N3O. The number of nitrogens with zero attached hydrogens (tertiary/aromatic N) is 2. The summed E-state index contributed by atoms with van der Waals surface area (Å²) in [6, 6.07) is 15.2. The van der Waals surface area contributed by atoms with Crippen molar-refractivity contribution in [3.8, 4) is 0 Å². The van der Waals surface area contributed by atoms with Crippen LogP contribution in [0.5, 0.6) is 0 Å². The summed E-state index contributed by atoms with van der Waals surface area (Å²) in [4.78, 5) is 21.1. The lowest BCUT2D eigenvalue weighted by atomic mass is 9.84. The molecular weight excluding hydrogens is 489 g/mol. The van der Waals surface area contributed by atoms with Gasteiger partial charge in [0, 0.05) is 66.7 Å². The number of nitrogens with one attached hydrogen (secondary N) is 1. The summed E-state index contributed by atoms with van der Waals surface area (Å²) in [5.41, 5.74) is 3.36. The predicted octanol–water partition coefficient (Wildman–Crippen LogP) is 7.29. The number of carbonyl (C=O) groups is 1. The zero-order chi connectivity index (χ0) is 24.6. The Morgan fingerprint density at radius 3 is 2.47 bits per heavy atom. The number of rotatable bonds is 6. The predicted molar refractivity (Wildman–Crippen MR) is 148 cm³/mol. The molecule has 188 valence electrons. The smallest absolute Gasteiger partial charge is 0.187 e. The molecule has 3 aromatic rings. The number of aromatic amines is 1. The molecule has 3 aliphatic heterocycles. The van der Waals surface area contributed by atoms with Crippen molar-refractivity contribution >= 4 is 39.9 Å². The van der Waals surface area contributed by atoms with Crippen LogP contribution in [0.3, 0.4) is 0 Å². The molecule has 0 amide bonds. The largest absolute Gasteiger partial charge is 0.377 e. The van der Waals surface area contributed by atoms with Crippen molar-refractivity contribution in [2.24, 2.45) is 5.92 Å². The molecule has 1 N–H and O–H groups in total. The number of piperidine rings is 2. The van der Waals surface area contributed by atoms with Gasteiger partial charge in [0.25, 0.3) is 0 Å². The molecule has 3 aliphatic rings. The van der Waals surface area contributed by atoms with E-state index in [0.717, 1.165) is 31.1 Å². The van der Waals surface area contributed by atoms with E-state index in [1.807, 2.05) is 6.20 Å². The van der Waals surface area contributed by atoms with E-state index in [0.29, 0.717) is 21.5 Å². The number of fused-ring (bicyclic) bond motifs is 3. The fraction of sp³-hybridized carbons (Fsp3) is 0.433. The molecule has 0 aliphatic carbocycles. The third kappa shape index (κ3) is 4.83. The Kier molecular flexibility index (Phi) is 6.85. The standard InChI is InChI=1S/C30H33Cl2N3O/c31-27-8-5-21(17-28(27)32)30(36)11-14-34-12-9-20(10-13-34)19-35-23-6-7-24(35)16-22(15-23)26-18-33-29-4-2-1-3-25(26)29/h1-5,8,11,14,17-18,20,22-24,33H,6-7,9-10,12-13,15-16,19H2/b14-11+. The second kappa shape index (κ2) is 10.2. The van der Waals surface area contributed by atoms with Gasteiger partial charge in [-0.15, -0.1) is 0 Å². The van der Waals surface area contributed by atoms with E-state index in [1.165, 1.54) is 61.5 Å². The number of hydrogen-bond donors (Lipinski definition) is 1. The van der Waals surface area contributed by atoms with Crippen molar-refractivity contribution in [2.45, 2.75) is 56.5 Å². The van der Waals surface area contributed by atoms with Crippen LogP contribution < -0.4 is 0 Å².